The summed E-state index contributed by atoms with van der Waals surface area (Å²) < 4.78 is 7.77. The van der Waals surface area contributed by atoms with Gasteiger partial charge in [-0.3, -0.25) is 4.90 Å². The molecule has 212 valence electrons. The average molecular weight is 544 g/mol. The zero-order valence-electron chi connectivity index (χ0n) is 24.0. The lowest BCUT2D eigenvalue weighted by molar-refractivity contribution is 0.0137. The molecule has 9 heteroatoms. The van der Waals surface area contributed by atoms with Crippen molar-refractivity contribution in [1.82, 2.24) is 24.3 Å². The van der Waals surface area contributed by atoms with Crippen molar-refractivity contribution in [3.63, 3.8) is 0 Å². The summed E-state index contributed by atoms with van der Waals surface area (Å²) in [4.78, 5) is 24.1. The Morgan fingerprint density at radius 3 is 2.27 bits per heavy atom. The average Bonchev–Trinajstić information content (AvgIpc) is 3.29. The highest BCUT2D eigenvalue weighted by Crippen LogP contribution is 2.24. The molecule has 0 unspecified atom stereocenters. The van der Waals surface area contributed by atoms with Crippen LogP contribution < -0.4 is 5.32 Å². The van der Waals surface area contributed by atoms with Crippen molar-refractivity contribution >= 4 is 23.1 Å². The first-order chi connectivity index (χ1) is 19.3. The highest BCUT2D eigenvalue weighted by Gasteiger charge is 2.27. The number of imidazole rings is 1. The number of nitrogens with one attached hydrogen (secondary N) is 1. The number of likely N-dealkylation sites (tertiary alicyclic amines) is 1. The third-order valence-electron chi connectivity index (χ3n) is 7.76. The molecule has 0 radical (unpaired) electrons. The number of nitriles is 1. The topological polar surface area (TPSA) is 89.7 Å². The SMILES string of the molecule is CC(C)(C)OC(=O)N1CCN(CCN2CCC(Nc3nc4ccccc4n3Cc3ccc(C#N)cc3)CC2)CC1. The van der Waals surface area contributed by atoms with Gasteiger partial charge in [-0.05, 0) is 63.4 Å². The third kappa shape index (κ3) is 7.12. The first-order valence-corrected chi connectivity index (χ1v) is 14.4. The molecule has 1 amide bonds. The lowest BCUT2D eigenvalue weighted by Crippen LogP contribution is -2.51. The molecule has 3 heterocycles. The minimum Gasteiger partial charge on any atom is -0.444 e. The van der Waals surface area contributed by atoms with E-state index in [0.717, 1.165) is 87.7 Å². The van der Waals surface area contributed by atoms with Crippen LogP contribution in [0.5, 0.6) is 0 Å². The van der Waals surface area contributed by atoms with Gasteiger partial charge in [-0.25, -0.2) is 9.78 Å². The summed E-state index contributed by atoms with van der Waals surface area (Å²) in [6, 6.07) is 18.6. The van der Waals surface area contributed by atoms with Crippen molar-refractivity contribution in [3.8, 4) is 6.07 Å². The van der Waals surface area contributed by atoms with Gasteiger partial charge in [-0.15, -0.1) is 0 Å². The summed E-state index contributed by atoms with van der Waals surface area (Å²) in [5.74, 6) is 0.909. The number of rotatable bonds is 7. The van der Waals surface area contributed by atoms with Gasteiger partial charge in [0.05, 0.1) is 29.2 Å². The first kappa shape index (κ1) is 27.9. The summed E-state index contributed by atoms with van der Waals surface area (Å²) >= 11 is 0. The van der Waals surface area contributed by atoms with Gasteiger partial charge in [0.1, 0.15) is 5.60 Å². The van der Waals surface area contributed by atoms with Crippen LogP contribution in [-0.2, 0) is 11.3 Å². The van der Waals surface area contributed by atoms with Gasteiger partial charge in [0.15, 0.2) is 0 Å². The third-order valence-corrected chi connectivity index (χ3v) is 7.76. The summed E-state index contributed by atoms with van der Waals surface area (Å²) in [5, 5.41) is 12.9. The Morgan fingerprint density at radius 2 is 1.62 bits per heavy atom. The summed E-state index contributed by atoms with van der Waals surface area (Å²) in [6.07, 6.45) is 1.95. The fourth-order valence-corrected chi connectivity index (χ4v) is 5.46. The minimum atomic E-state index is -0.452. The van der Waals surface area contributed by atoms with Crippen molar-refractivity contribution < 1.29 is 9.53 Å². The van der Waals surface area contributed by atoms with Crippen LogP contribution in [0.15, 0.2) is 48.5 Å². The minimum absolute atomic E-state index is 0.202. The Morgan fingerprint density at radius 1 is 0.975 bits per heavy atom. The standard InChI is InChI=1S/C31H41N7O2/c1-31(2,3)40-30(39)37-20-18-36(19-21-37)17-16-35-14-12-26(13-15-35)33-29-34-27-6-4-5-7-28(27)38(29)23-25-10-8-24(22-32)9-11-25/h4-11,26H,12-21,23H2,1-3H3,(H,33,34). The predicted molar refractivity (Wildman–Crippen MR) is 157 cm³/mol. The molecule has 40 heavy (non-hydrogen) atoms. The van der Waals surface area contributed by atoms with Crippen LogP contribution in [0.4, 0.5) is 10.7 Å². The fourth-order valence-electron chi connectivity index (χ4n) is 5.46. The number of carbonyl (C=O) groups excluding carboxylic acids is 1. The molecule has 0 spiro atoms. The second-order valence-electron chi connectivity index (χ2n) is 11.9. The Kier molecular flexibility index (Phi) is 8.57. The predicted octanol–water partition coefficient (Wildman–Crippen LogP) is 4.39. The second-order valence-corrected chi connectivity index (χ2v) is 11.9. The second kappa shape index (κ2) is 12.3. The smallest absolute Gasteiger partial charge is 0.410 e. The molecule has 0 saturated carbocycles. The van der Waals surface area contributed by atoms with Crippen LogP contribution in [0, 0.1) is 11.3 Å². The number of nitrogens with zero attached hydrogens (tertiary/aromatic N) is 6. The number of fused-ring (bicyclic) bond motifs is 1. The van der Waals surface area contributed by atoms with E-state index >= 15 is 0 Å². The molecule has 0 atom stereocenters. The molecule has 3 aromatic rings. The number of piperidine rings is 1. The number of ether oxygens (including phenoxy) is 1. The summed E-state index contributed by atoms with van der Waals surface area (Å²) in [7, 11) is 0. The number of hydrogen-bond donors (Lipinski definition) is 1. The van der Waals surface area contributed by atoms with Crippen LogP contribution >= 0.6 is 0 Å². The van der Waals surface area contributed by atoms with Gasteiger partial charge in [-0.1, -0.05) is 24.3 Å². The molecule has 5 rings (SSSR count). The Bertz CT molecular complexity index is 1320. The van der Waals surface area contributed by atoms with Crippen LogP contribution in [-0.4, -0.2) is 94.3 Å². The van der Waals surface area contributed by atoms with Gasteiger partial charge in [-0.2, -0.15) is 5.26 Å². The molecular weight excluding hydrogens is 502 g/mol. The lowest BCUT2D eigenvalue weighted by Gasteiger charge is -2.37. The van der Waals surface area contributed by atoms with Gasteiger partial charge in [0.2, 0.25) is 5.95 Å². The molecule has 9 nitrogen and oxygen atoms in total. The highest BCUT2D eigenvalue weighted by atomic mass is 16.6. The molecule has 2 fully saturated rings. The highest BCUT2D eigenvalue weighted by molar-refractivity contribution is 5.78. The quantitative estimate of drug-likeness (QED) is 0.473. The van der Waals surface area contributed by atoms with Crippen molar-refractivity contribution in [2.24, 2.45) is 0 Å². The first-order valence-electron chi connectivity index (χ1n) is 14.4. The monoisotopic (exact) mass is 543 g/mol. The number of amides is 1. The molecular formula is C31H41N7O2. The Labute approximate surface area is 237 Å². The molecule has 0 aliphatic carbocycles. The van der Waals surface area contributed by atoms with E-state index in [1.165, 1.54) is 0 Å². The zero-order chi connectivity index (χ0) is 28.1. The van der Waals surface area contributed by atoms with Crippen LogP contribution in [0.3, 0.4) is 0 Å². The number of carbonyl (C=O) groups is 1. The largest absolute Gasteiger partial charge is 0.444 e. The maximum atomic E-state index is 12.3. The fraction of sp³-hybridized carbons (Fsp3) is 0.516. The molecule has 1 aromatic heterocycles. The molecule has 2 aliphatic heterocycles. The van der Waals surface area contributed by atoms with Crippen molar-refractivity contribution in [2.75, 3.05) is 57.7 Å². The van der Waals surface area contributed by atoms with Gasteiger partial charge in [0.25, 0.3) is 0 Å². The molecule has 2 saturated heterocycles. The number of hydrogen-bond acceptors (Lipinski definition) is 7. The van der Waals surface area contributed by atoms with E-state index in [0.29, 0.717) is 18.2 Å². The van der Waals surface area contributed by atoms with E-state index in [2.05, 4.69) is 44.0 Å². The number of benzene rings is 2. The van der Waals surface area contributed by atoms with E-state index in [-0.39, 0.29) is 6.09 Å². The van der Waals surface area contributed by atoms with E-state index in [1.807, 2.05) is 56.0 Å². The van der Waals surface area contributed by atoms with Gasteiger partial charge >= 0.3 is 6.09 Å². The number of para-hydroxylation sites is 2. The molecule has 2 aromatic carbocycles. The zero-order valence-corrected chi connectivity index (χ0v) is 24.0. The van der Waals surface area contributed by atoms with Crippen LogP contribution in [0.1, 0.15) is 44.7 Å². The van der Waals surface area contributed by atoms with Crippen molar-refractivity contribution in [1.29, 1.82) is 5.26 Å². The summed E-state index contributed by atoms with van der Waals surface area (Å²) in [5.41, 5.74) is 3.47. The van der Waals surface area contributed by atoms with E-state index in [9.17, 15) is 4.79 Å². The normalized spacial score (nSPS) is 17.6. The van der Waals surface area contributed by atoms with Crippen LogP contribution in [0.25, 0.3) is 11.0 Å². The number of aromatic nitrogens is 2. The molecule has 2 aliphatic rings. The molecule has 1 N–H and O–H groups in total. The summed E-state index contributed by atoms with van der Waals surface area (Å²) in [6.45, 7) is 13.9. The number of piperazine rings is 1. The maximum absolute atomic E-state index is 12.3. The van der Waals surface area contributed by atoms with Crippen molar-refractivity contribution in [3.05, 3.63) is 59.7 Å². The van der Waals surface area contributed by atoms with E-state index in [4.69, 9.17) is 15.0 Å². The molecule has 0 bridgehead atoms. The Balaban J connectivity index is 1.10. The van der Waals surface area contributed by atoms with Crippen molar-refractivity contribution in [2.45, 2.75) is 51.8 Å². The maximum Gasteiger partial charge on any atom is 0.410 e. The number of anilines is 1. The Hall–Kier alpha value is -3.61. The van der Waals surface area contributed by atoms with Gasteiger partial charge < -0.3 is 24.4 Å². The van der Waals surface area contributed by atoms with Gasteiger partial charge in [0, 0.05) is 58.4 Å². The van der Waals surface area contributed by atoms with Crippen LogP contribution in [0.2, 0.25) is 0 Å². The lowest BCUT2D eigenvalue weighted by atomic mass is 10.1. The van der Waals surface area contributed by atoms with E-state index < -0.39 is 5.60 Å². The van der Waals surface area contributed by atoms with E-state index in [1.54, 1.807) is 0 Å².